The van der Waals surface area contributed by atoms with Crippen LogP contribution in [0.1, 0.15) is 32.8 Å². The first-order valence-electron chi connectivity index (χ1n) is 13.8. The number of likely N-dealkylation sites (tertiary alicyclic amines) is 1. The van der Waals surface area contributed by atoms with Crippen LogP contribution >= 0.6 is 11.8 Å². The molecule has 15 nitrogen and oxygen atoms in total. The lowest BCUT2D eigenvalue weighted by Gasteiger charge is -2.38. The maximum absolute atomic E-state index is 13.8. The van der Waals surface area contributed by atoms with Gasteiger partial charge in [-0.1, -0.05) is 6.92 Å². The largest absolute Gasteiger partial charge is 0.445 e. The first kappa shape index (κ1) is 33.0. The van der Waals surface area contributed by atoms with Gasteiger partial charge in [-0.2, -0.15) is 5.06 Å². The van der Waals surface area contributed by atoms with E-state index in [4.69, 9.17) is 9.57 Å². The monoisotopic (exact) mass is 610 g/mol. The number of nitro benzene ring substituents is 1. The van der Waals surface area contributed by atoms with Crippen molar-refractivity contribution in [1.29, 1.82) is 0 Å². The summed E-state index contributed by atoms with van der Waals surface area (Å²) in [6.45, 7) is 6.94. The van der Waals surface area contributed by atoms with Gasteiger partial charge in [-0.3, -0.25) is 29.5 Å². The lowest BCUT2D eigenvalue weighted by atomic mass is 10.1. The summed E-state index contributed by atoms with van der Waals surface area (Å²) in [5, 5.41) is 27.7. The van der Waals surface area contributed by atoms with Crippen LogP contribution in [0, 0.1) is 10.1 Å². The van der Waals surface area contributed by atoms with E-state index in [2.05, 4.69) is 5.32 Å². The van der Waals surface area contributed by atoms with E-state index in [-0.39, 0.29) is 25.3 Å². The van der Waals surface area contributed by atoms with Crippen LogP contribution in [0.4, 0.5) is 10.5 Å². The number of benzene rings is 1. The molecule has 3 atom stereocenters. The molecule has 1 aromatic carbocycles. The summed E-state index contributed by atoms with van der Waals surface area (Å²) in [5.74, 6) is -1.44. The Morgan fingerprint density at radius 3 is 2.43 bits per heavy atom. The highest BCUT2D eigenvalue weighted by Crippen LogP contribution is 2.30. The molecule has 1 aromatic rings. The zero-order valence-electron chi connectivity index (χ0n) is 24.0. The Kier molecular flexibility index (Phi) is 12.3. The van der Waals surface area contributed by atoms with Gasteiger partial charge in [0.1, 0.15) is 18.4 Å². The van der Waals surface area contributed by atoms with Crippen molar-refractivity contribution >= 4 is 41.3 Å². The molecule has 2 aliphatic rings. The third-order valence-electron chi connectivity index (χ3n) is 6.79. The second-order valence-corrected chi connectivity index (χ2v) is 11.2. The topological polar surface area (TPSA) is 175 Å². The molecule has 2 heterocycles. The number of non-ortho nitro benzene ring substituents is 1. The maximum atomic E-state index is 13.8. The second-order valence-electron chi connectivity index (χ2n) is 9.73. The van der Waals surface area contributed by atoms with Crippen molar-refractivity contribution in [2.45, 2.75) is 51.2 Å². The van der Waals surface area contributed by atoms with Crippen molar-refractivity contribution in [2.24, 2.45) is 0 Å². The van der Waals surface area contributed by atoms with Crippen molar-refractivity contribution in [3.05, 3.63) is 39.9 Å². The first-order valence-corrected chi connectivity index (χ1v) is 14.8. The lowest BCUT2D eigenvalue weighted by molar-refractivity contribution is -0.384. The van der Waals surface area contributed by atoms with Gasteiger partial charge < -0.3 is 24.9 Å². The third kappa shape index (κ3) is 8.77. The van der Waals surface area contributed by atoms with Gasteiger partial charge in [0.05, 0.1) is 23.6 Å². The van der Waals surface area contributed by atoms with Crippen molar-refractivity contribution in [2.75, 3.05) is 51.6 Å². The summed E-state index contributed by atoms with van der Waals surface area (Å²) < 4.78 is 5.42. The molecule has 2 saturated heterocycles. The van der Waals surface area contributed by atoms with E-state index in [1.807, 2.05) is 18.9 Å². The highest BCUT2D eigenvalue weighted by atomic mass is 32.2. The minimum absolute atomic E-state index is 0.0692. The van der Waals surface area contributed by atoms with E-state index < -0.39 is 52.7 Å². The zero-order valence-corrected chi connectivity index (χ0v) is 24.8. The molecule has 0 aromatic heterocycles. The summed E-state index contributed by atoms with van der Waals surface area (Å²) in [6.07, 6.45) is -1.64. The molecule has 0 radical (unpaired) electrons. The predicted octanol–water partition coefficient (Wildman–Crippen LogP) is 0.764. The number of piperazine rings is 1. The molecule has 232 valence electrons. The molecule has 3 rings (SSSR count). The van der Waals surface area contributed by atoms with E-state index in [1.54, 1.807) is 0 Å². The molecule has 2 aliphatic heterocycles. The molecule has 2 N–H and O–H groups in total. The van der Waals surface area contributed by atoms with Crippen LogP contribution in [-0.2, 0) is 30.6 Å². The minimum Gasteiger partial charge on any atom is -0.445 e. The van der Waals surface area contributed by atoms with Crippen LogP contribution < -0.4 is 5.32 Å². The lowest BCUT2D eigenvalue weighted by Crippen LogP contribution is -2.57. The van der Waals surface area contributed by atoms with Crippen molar-refractivity contribution < 1.29 is 38.8 Å². The molecular weight excluding hydrogens is 572 g/mol. The van der Waals surface area contributed by atoms with Gasteiger partial charge in [0, 0.05) is 51.8 Å². The molecule has 0 saturated carbocycles. The molecule has 0 aliphatic carbocycles. The fraction of sp³-hybridized carbons (Fsp3) is 0.615. The van der Waals surface area contributed by atoms with Gasteiger partial charge in [-0.25, -0.2) is 9.80 Å². The van der Waals surface area contributed by atoms with E-state index in [0.29, 0.717) is 44.0 Å². The van der Waals surface area contributed by atoms with Gasteiger partial charge in [-0.15, -0.1) is 11.8 Å². The maximum Gasteiger partial charge on any atom is 0.410 e. The zero-order chi connectivity index (χ0) is 30.8. The van der Waals surface area contributed by atoms with E-state index in [9.17, 15) is 34.4 Å². The van der Waals surface area contributed by atoms with E-state index >= 15 is 0 Å². The number of ether oxygens (including phenoxy) is 1. The van der Waals surface area contributed by atoms with Crippen LogP contribution in [0.2, 0.25) is 0 Å². The molecule has 3 amide bonds. The van der Waals surface area contributed by atoms with Crippen LogP contribution in [-0.4, -0.2) is 123 Å². The number of amides is 3. The van der Waals surface area contributed by atoms with Crippen molar-refractivity contribution in [3.8, 4) is 0 Å². The van der Waals surface area contributed by atoms with Gasteiger partial charge >= 0.3 is 12.1 Å². The fourth-order valence-electron chi connectivity index (χ4n) is 4.89. The number of hydrogen-bond acceptors (Lipinski definition) is 12. The Morgan fingerprint density at radius 2 is 1.86 bits per heavy atom. The van der Waals surface area contributed by atoms with Crippen molar-refractivity contribution in [3.63, 3.8) is 0 Å². The number of hydroxylamine groups is 2. The normalized spacial score (nSPS) is 19.6. The number of aliphatic hydroxyl groups excluding tert-OH is 1. The average molecular weight is 611 g/mol. The van der Waals surface area contributed by atoms with Crippen LogP contribution in [0.25, 0.3) is 0 Å². The Bertz CT molecular complexity index is 1120. The van der Waals surface area contributed by atoms with E-state index in [1.165, 1.54) is 45.9 Å². The van der Waals surface area contributed by atoms with E-state index in [0.717, 1.165) is 12.0 Å². The van der Waals surface area contributed by atoms with Crippen molar-refractivity contribution in [1.82, 2.24) is 25.3 Å². The number of β-amino-alcohol motifs (C(OH)–C–C–N with tert-alkyl or cyclic N) is 1. The molecule has 0 bridgehead atoms. The highest BCUT2D eigenvalue weighted by molar-refractivity contribution is 8.00. The fourth-order valence-corrected chi connectivity index (χ4v) is 5.99. The number of carbonyl (C=O) groups excluding carboxylic acids is 4. The average Bonchev–Trinajstić information content (AvgIpc) is 3.36. The van der Waals surface area contributed by atoms with Gasteiger partial charge in [0.2, 0.25) is 0 Å². The number of nitrogens with one attached hydrogen (secondary N) is 1. The second kappa shape index (κ2) is 15.7. The van der Waals surface area contributed by atoms with Gasteiger partial charge in [0.15, 0.2) is 0 Å². The number of aliphatic hydroxyl groups is 1. The van der Waals surface area contributed by atoms with Crippen LogP contribution in [0.3, 0.4) is 0 Å². The number of likely N-dealkylation sites (N-methyl/N-ethyl adjacent to an activating group) is 1. The smallest absolute Gasteiger partial charge is 0.410 e. The third-order valence-corrected chi connectivity index (χ3v) is 8.00. The molecule has 16 heteroatoms. The summed E-state index contributed by atoms with van der Waals surface area (Å²) in [7, 11) is 0. The molecule has 2 fully saturated rings. The highest BCUT2D eigenvalue weighted by Gasteiger charge is 2.45. The number of nitrogens with zero attached hydrogens (tertiary/aromatic N) is 5. The Hall–Kier alpha value is -3.47. The number of hydrazine groups is 1. The standard InChI is InChI=1S/C26H38N6O9S/c1-4-30(28-12-10-27-11-13-28)23(35)16-31(41-18(3)33)25(36)24(42-5-2)22-14-21(34)15-29(22)26(37)40-17-19-6-8-20(9-7-19)32(38)39/h6-9,21-22,24,27,34H,4-5,10-17H2,1-3H3. The van der Waals surface area contributed by atoms with Gasteiger partial charge in [0.25, 0.3) is 17.5 Å². The number of thioether (sulfide) groups is 1. The molecule has 0 spiro atoms. The number of rotatable bonds is 11. The Balaban J connectivity index is 1.75. The SMILES string of the molecule is CCSC(C(=O)N(CC(=O)N(CC)N1CCNCC1)OC(C)=O)C1CC(O)CN1C(=O)OCc1ccc([N+](=O)[O-])cc1. The quantitative estimate of drug-likeness (QED) is 0.266. The summed E-state index contributed by atoms with van der Waals surface area (Å²) >= 11 is 1.20. The molecule has 3 unspecified atom stereocenters. The number of hydrogen-bond donors (Lipinski definition) is 2. The van der Waals surface area contributed by atoms with Gasteiger partial charge in [-0.05, 0) is 36.8 Å². The summed E-state index contributed by atoms with van der Waals surface area (Å²) in [4.78, 5) is 69.0. The molecular formula is C26H38N6O9S. The Morgan fingerprint density at radius 1 is 1.19 bits per heavy atom. The minimum atomic E-state index is -0.972. The predicted molar refractivity (Wildman–Crippen MR) is 152 cm³/mol. The first-order chi connectivity index (χ1) is 20.0. The molecule has 42 heavy (non-hydrogen) atoms. The number of nitro groups is 1. The summed E-state index contributed by atoms with van der Waals surface area (Å²) in [5.41, 5.74) is 0.418. The number of carbonyl (C=O) groups is 4. The van der Waals surface area contributed by atoms with Crippen LogP contribution in [0.15, 0.2) is 24.3 Å². The Labute approximate surface area is 248 Å². The van der Waals surface area contributed by atoms with Crippen LogP contribution in [0.5, 0.6) is 0 Å². The summed E-state index contributed by atoms with van der Waals surface area (Å²) in [6, 6.07) is 4.71.